The standard InChI is InChI=1S/C27H21F3N4O3/c1-2-36-24(35)22-21-23(34(33-22)20-16-10-5-11-17-20)37-25(31-19-14-8-4-9-15-19)32-26(21,27(28,29)30)18-12-6-3-7-13-18/h3-17H,2H2,1H3,(H,31,32)/t26-/m0/s1. The van der Waals surface area contributed by atoms with E-state index in [1.807, 2.05) is 0 Å². The van der Waals surface area contributed by atoms with Crippen molar-refractivity contribution in [3.05, 3.63) is 108 Å². The first kappa shape index (κ1) is 24.1. The van der Waals surface area contributed by atoms with Crippen molar-refractivity contribution in [1.29, 1.82) is 0 Å². The molecule has 0 saturated carbocycles. The number of nitrogens with zero attached hydrogens (tertiary/aromatic N) is 3. The minimum absolute atomic E-state index is 0.0545. The van der Waals surface area contributed by atoms with Crippen LogP contribution < -0.4 is 10.1 Å². The van der Waals surface area contributed by atoms with E-state index >= 15 is 13.2 Å². The third-order valence-electron chi connectivity index (χ3n) is 5.76. The summed E-state index contributed by atoms with van der Waals surface area (Å²) in [5.74, 6) is -1.32. The zero-order chi connectivity index (χ0) is 26.0. The highest BCUT2D eigenvalue weighted by molar-refractivity contribution is 5.96. The Bertz CT molecular complexity index is 1440. The molecule has 2 heterocycles. The number of ether oxygens (including phenoxy) is 2. The maximum Gasteiger partial charge on any atom is 0.422 e. The van der Waals surface area contributed by atoms with E-state index in [1.54, 1.807) is 73.7 Å². The van der Waals surface area contributed by atoms with Crippen LogP contribution in [0, 0.1) is 0 Å². The predicted octanol–water partition coefficient (Wildman–Crippen LogP) is 5.72. The summed E-state index contributed by atoms with van der Waals surface area (Å²) >= 11 is 0. The largest absolute Gasteiger partial charge is 0.461 e. The van der Waals surface area contributed by atoms with E-state index in [1.165, 1.54) is 24.3 Å². The van der Waals surface area contributed by atoms with Crippen molar-refractivity contribution >= 4 is 17.7 Å². The van der Waals surface area contributed by atoms with Crippen LogP contribution >= 0.6 is 0 Å². The molecule has 0 bridgehead atoms. The number of fused-ring (bicyclic) bond motifs is 1. The maximum atomic E-state index is 15.3. The fraction of sp³-hybridized carbons (Fsp3) is 0.148. The molecule has 0 radical (unpaired) electrons. The van der Waals surface area contributed by atoms with Crippen LogP contribution in [0.15, 0.2) is 96.0 Å². The van der Waals surface area contributed by atoms with Crippen molar-refractivity contribution in [2.45, 2.75) is 18.6 Å². The highest BCUT2D eigenvalue weighted by atomic mass is 19.4. The Kier molecular flexibility index (Phi) is 6.16. The fourth-order valence-corrected chi connectivity index (χ4v) is 4.19. The number of aromatic nitrogens is 2. The second-order valence-corrected chi connectivity index (χ2v) is 8.08. The van der Waals surface area contributed by atoms with Gasteiger partial charge in [0.1, 0.15) is 0 Å². The van der Waals surface area contributed by atoms with E-state index in [4.69, 9.17) is 9.47 Å². The molecule has 1 aliphatic rings. The van der Waals surface area contributed by atoms with E-state index in [2.05, 4.69) is 15.4 Å². The van der Waals surface area contributed by atoms with Gasteiger partial charge in [-0.25, -0.2) is 9.79 Å². The van der Waals surface area contributed by atoms with Gasteiger partial charge in [0.15, 0.2) is 5.69 Å². The number of para-hydroxylation sites is 2. The third kappa shape index (κ3) is 4.20. The number of halogens is 3. The van der Waals surface area contributed by atoms with Gasteiger partial charge < -0.3 is 14.8 Å². The second kappa shape index (κ2) is 9.45. The van der Waals surface area contributed by atoms with Crippen molar-refractivity contribution in [1.82, 2.24) is 9.78 Å². The predicted molar refractivity (Wildman–Crippen MR) is 131 cm³/mol. The number of hydrogen-bond acceptors (Lipinski definition) is 6. The topological polar surface area (TPSA) is 77.7 Å². The summed E-state index contributed by atoms with van der Waals surface area (Å²) in [6.07, 6.45) is -5.00. The van der Waals surface area contributed by atoms with Gasteiger partial charge in [0.25, 0.3) is 6.02 Å². The molecule has 4 aromatic rings. The molecule has 0 amide bonds. The lowest BCUT2D eigenvalue weighted by Crippen LogP contribution is -2.47. The van der Waals surface area contributed by atoms with Crippen molar-refractivity contribution in [3.8, 4) is 11.6 Å². The molecule has 1 atom stereocenters. The fourth-order valence-electron chi connectivity index (χ4n) is 4.19. The number of rotatable bonds is 5. The molecule has 3 aromatic carbocycles. The van der Waals surface area contributed by atoms with Crippen LogP contribution in [-0.2, 0) is 10.3 Å². The number of carbonyl (C=O) groups excluding carboxylic acids is 1. The number of esters is 1. The van der Waals surface area contributed by atoms with Crippen LogP contribution in [0.25, 0.3) is 5.69 Å². The van der Waals surface area contributed by atoms with Crippen LogP contribution in [-0.4, -0.2) is 34.6 Å². The van der Waals surface area contributed by atoms with Gasteiger partial charge in [-0.3, -0.25) is 0 Å². The van der Waals surface area contributed by atoms with E-state index < -0.39 is 35.0 Å². The quantitative estimate of drug-likeness (QED) is 0.351. The van der Waals surface area contributed by atoms with Crippen molar-refractivity contribution < 1.29 is 27.4 Å². The summed E-state index contributed by atoms with van der Waals surface area (Å²) in [7, 11) is 0. The van der Waals surface area contributed by atoms with Crippen LogP contribution in [0.1, 0.15) is 28.5 Å². The van der Waals surface area contributed by atoms with Crippen molar-refractivity contribution in [2.75, 3.05) is 11.9 Å². The smallest absolute Gasteiger partial charge is 0.422 e. The number of alkyl halides is 3. The average molecular weight is 506 g/mol. The van der Waals surface area contributed by atoms with E-state index in [-0.39, 0.29) is 18.1 Å². The molecule has 0 fully saturated rings. The molecule has 37 heavy (non-hydrogen) atoms. The van der Waals surface area contributed by atoms with E-state index in [0.717, 1.165) is 4.68 Å². The normalized spacial score (nSPS) is 16.8. The average Bonchev–Trinajstić information content (AvgIpc) is 3.29. The van der Waals surface area contributed by atoms with Gasteiger partial charge in [-0.2, -0.15) is 23.0 Å². The highest BCUT2D eigenvalue weighted by Gasteiger charge is 2.64. The van der Waals surface area contributed by atoms with Crippen LogP contribution in [0.4, 0.5) is 18.9 Å². The zero-order valence-corrected chi connectivity index (χ0v) is 19.6. The summed E-state index contributed by atoms with van der Waals surface area (Å²) in [4.78, 5) is 17.1. The Morgan fingerprint density at radius 3 is 2.16 bits per heavy atom. The molecule has 10 heteroatoms. The highest BCUT2D eigenvalue weighted by Crippen LogP contribution is 2.54. The van der Waals surface area contributed by atoms with Gasteiger partial charge in [0.2, 0.25) is 11.4 Å². The lowest BCUT2D eigenvalue weighted by molar-refractivity contribution is -0.177. The number of carbonyl (C=O) groups is 1. The number of hydrogen-bond donors (Lipinski definition) is 1. The zero-order valence-electron chi connectivity index (χ0n) is 19.6. The number of anilines is 1. The van der Waals surface area contributed by atoms with Crippen LogP contribution in [0.2, 0.25) is 0 Å². The van der Waals surface area contributed by atoms with Crippen molar-refractivity contribution in [2.24, 2.45) is 4.99 Å². The Morgan fingerprint density at radius 2 is 1.57 bits per heavy atom. The molecule has 5 rings (SSSR count). The minimum Gasteiger partial charge on any atom is -0.461 e. The molecule has 0 spiro atoms. The Labute approximate surface area is 210 Å². The van der Waals surface area contributed by atoms with E-state index in [9.17, 15) is 4.79 Å². The van der Waals surface area contributed by atoms with Gasteiger partial charge in [-0.1, -0.05) is 66.7 Å². The summed E-state index contributed by atoms with van der Waals surface area (Å²) in [6.45, 7) is 1.50. The summed E-state index contributed by atoms with van der Waals surface area (Å²) in [5, 5.41) is 7.10. The number of amidine groups is 1. The first-order valence-electron chi connectivity index (χ1n) is 11.4. The molecule has 1 N–H and O–H groups in total. The SMILES string of the molecule is CCOC(=O)c1nn(-c2ccccc2)c2c1[C@@](c1ccccc1)(C(F)(F)F)N=C(Nc1ccccc1)O2. The summed E-state index contributed by atoms with van der Waals surface area (Å²) in [5.41, 5.74) is -3.47. The molecule has 0 aliphatic carbocycles. The minimum atomic E-state index is -5.00. The van der Waals surface area contributed by atoms with Gasteiger partial charge in [0.05, 0.1) is 17.9 Å². The van der Waals surface area contributed by atoms with Gasteiger partial charge >= 0.3 is 12.1 Å². The Balaban J connectivity index is 1.85. The van der Waals surface area contributed by atoms with Crippen LogP contribution in [0.3, 0.4) is 0 Å². The Morgan fingerprint density at radius 1 is 0.973 bits per heavy atom. The van der Waals surface area contributed by atoms with Crippen molar-refractivity contribution in [3.63, 3.8) is 0 Å². The van der Waals surface area contributed by atoms with Crippen LogP contribution in [0.5, 0.6) is 5.88 Å². The second-order valence-electron chi connectivity index (χ2n) is 8.08. The summed E-state index contributed by atoms with van der Waals surface area (Å²) < 4.78 is 58.2. The monoisotopic (exact) mass is 506 g/mol. The number of benzene rings is 3. The summed E-state index contributed by atoms with van der Waals surface area (Å²) in [6, 6.07) is 23.7. The number of nitrogens with one attached hydrogen (secondary N) is 1. The van der Waals surface area contributed by atoms with E-state index in [0.29, 0.717) is 11.4 Å². The molecular weight excluding hydrogens is 485 g/mol. The van der Waals surface area contributed by atoms with Gasteiger partial charge in [0, 0.05) is 5.69 Å². The Hall–Kier alpha value is -4.60. The maximum absolute atomic E-state index is 15.3. The lowest BCUT2D eigenvalue weighted by Gasteiger charge is -2.36. The molecular formula is C27H21F3N4O3. The molecule has 1 aliphatic heterocycles. The molecule has 188 valence electrons. The third-order valence-corrected chi connectivity index (χ3v) is 5.76. The molecule has 1 aromatic heterocycles. The van der Waals surface area contributed by atoms with Gasteiger partial charge in [-0.15, -0.1) is 0 Å². The van der Waals surface area contributed by atoms with Gasteiger partial charge in [-0.05, 0) is 36.8 Å². The molecule has 0 unspecified atom stereocenters. The molecule has 7 nitrogen and oxygen atoms in total. The number of aliphatic imine (C=N–C) groups is 1. The molecule has 0 saturated heterocycles. The first-order chi connectivity index (χ1) is 17.8. The first-order valence-corrected chi connectivity index (χ1v) is 11.4. The lowest BCUT2D eigenvalue weighted by atomic mass is 9.81.